The molecule has 0 radical (unpaired) electrons. The first kappa shape index (κ1) is 12.2. The van der Waals surface area contributed by atoms with Crippen molar-refractivity contribution in [3.8, 4) is 0 Å². The van der Waals surface area contributed by atoms with Crippen LogP contribution in [-0.4, -0.2) is 15.6 Å². The van der Waals surface area contributed by atoms with Crippen LogP contribution < -0.4 is 0 Å². The third-order valence-corrected chi connectivity index (χ3v) is 6.70. The van der Waals surface area contributed by atoms with E-state index in [0.717, 1.165) is 24.7 Å². The smallest absolute Gasteiger partial charge is 0.159 e. The molecule has 0 bridgehead atoms. The Morgan fingerprint density at radius 3 is 2.35 bits per heavy atom. The molecule has 2 aliphatic carbocycles. The molecule has 0 aromatic rings. The van der Waals surface area contributed by atoms with Crippen LogP contribution >= 0.6 is 0 Å². The van der Waals surface area contributed by atoms with Gasteiger partial charge in [-0.15, -0.1) is 0 Å². The summed E-state index contributed by atoms with van der Waals surface area (Å²) in [6.07, 6.45) is 7.82. The second kappa shape index (κ2) is 4.65. The quantitative estimate of drug-likeness (QED) is 0.665. The van der Waals surface area contributed by atoms with Gasteiger partial charge >= 0.3 is 0 Å². The van der Waals surface area contributed by atoms with Crippen LogP contribution in [0.5, 0.6) is 0 Å². The van der Waals surface area contributed by atoms with Crippen molar-refractivity contribution in [2.75, 3.05) is 0 Å². The summed E-state index contributed by atoms with van der Waals surface area (Å²) < 4.78 is 18.1. The SMILES string of the molecule is CC1CCC2C(C1)OS(=O)C1CC(C)CCC21. The van der Waals surface area contributed by atoms with E-state index in [2.05, 4.69) is 13.8 Å². The Balaban J connectivity index is 1.79. The number of rotatable bonds is 0. The molecule has 0 N–H and O–H groups in total. The molecule has 7 unspecified atom stereocenters. The molecule has 7 atom stereocenters. The summed E-state index contributed by atoms with van der Waals surface area (Å²) >= 11 is -1.01. The normalized spacial score (nSPS) is 54.8. The molecule has 0 aromatic carbocycles. The van der Waals surface area contributed by atoms with Crippen LogP contribution in [0.25, 0.3) is 0 Å². The van der Waals surface area contributed by atoms with Gasteiger partial charge in [-0.25, -0.2) is 4.21 Å². The number of hydrogen-bond donors (Lipinski definition) is 0. The molecule has 98 valence electrons. The van der Waals surface area contributed by atoms with Crippen molar-refractivity contribution in [1.82, 2.24) is 0 Å². The zero-order valence-corrected chi connectivity index (χ0v) is 11.7. The Bertz CT molecular complexity index is 317. The topological polar surface area (TPSA) is 26.3 Å². The maximum absolute atomic E-state index is 12.2. The highest BCUT2D eigenvalue weighted by Gasteiger charge is 2.48. The van der Waals surface area contributed by atoms with Gasteiger partial charge in [0.1, 0.15) is 0 Å². The monoisotopic (exact) mass is 256 g/mol. The summed E-state index contributed by atoms with van der Waals surface area (Å²) in [5, 5.41) is 0.341. The minimum Gasteiger partial charge on any atom is -0.287 e. The molecule has 2 saturated carbocycles. The Labute approximate surface area is 107 Å². The van der Waals surface area contributed by atoms with Crippen LogP contribution in [0.2, 0.25) is 0 Å². The van der Waals surface area contributed by atoms with Crippen LogP contribution in [0.3, 0.4) is 0 Å². The van der Waals surface area contributed by atoms with Gasteiger partial charge in [0.25, 0.3) is 0 Å². The second-order valence-corrected chi connectivity index (χ2v) is 7.92. The summed E-state index contributed by atoms with van der Waals surface area (Å²) in [5.41, 5.74) is 0. The van der Waals surface area contributed by atoms with E-state index < -0.39 is 11.1 Å². The molecule has 0 amide bonds. The molecule has 2 nitrogen and oxygen atoms in total. The molecule has 1 saturated heterocycles. The van der Waals surface area contributed by atoms with Crippen molar-refractivity contribution >= 4 is 11.1 Å². The highest BCUT2D eigenvalue weighted by Crippen LogP contribution is 2.47. The minimum atomic E-state index is -1.01. The van der Waals surface area contributed by atoms with Crippen LogP contribution in [0, 0.1) is 23.7 Å². The molecular formula is C14H24O2S. The highest BCUT2D eigenvalue weighted by atomic mass is 32.2. The van der Waals surface area contributed by atoms with Gasteiger partial charge < -0.3 is 0 Å². The van der Waals surface area contributed by atoms with E-state index in [9.17, 15) is 4.21 Å². The average molecular weight is 256 g/mol. The molecule has 3 aliphatic rings. The van der Waals surface area contributed by atoms with Crippen LogP contribution in [0.15, 0.2) is 0 Å². The van der Waals surface area contributed by atoms with E-state index in [1.165, 1.54) is 25.7 Å². The molecule has 0 aromatic heterocycles. The second-order valence-electron chi connectivity index (χ2n) is 6.60. The van der Waals surface area contributed by atoms with Gasteiger partial charge in [0.15, 0.2) is 11.1 Å². The largest absolute Gasteiger partial charge is 0.287 e. The maximum Gasteiger partial charge on any atom is 0.159 e. The fourth-order valence-electron chi connectivity index (χ4n) is 4.21. The molecule has 1 heterocycles. The summed E-state index contributed by atoms with van der Waals surface area (Å²) in [5.74, 6) is 2.90. The van der Waals surface area contributed by atoms with Gasteiger partial charge in [-0.05, 0) is 49.4 Å². The first-order valence-corrected chi connectivity index (χ1v) is 8.36. The lowest BCUT2D eigenvalue weighted by Crippen LogP contribution is -2.50. The zero-order chi connectivity index (χ0) is 12.0. The van der Waals surface area contributed by atoms with Crippen LogP contribution in [0.1, 0.15) is 52.4 Å². The summed E-state index contributed by atoms with van der Waals surface area (Å²) in [4.78, 5) is 0. The summed E-state index contributed by atoms with van der Waals surface area (Å²) in [6, 6.07) is 0. The van der Waals surface area contributed by atoms with E-state index in [-0.39, 0.29) is 0 Å². The number of hydrogen-bond acceptors (Lipinski definition) is 2. The first-order chi connectivity index (χ1) is 8.15. The van der Waals surface area contributed by atoms with Gasteiger partial charge in [-0.2, -0.15) is 0 Å². The molecule has 3 fully saturated rings. The van der Waals surface area contributed by atoms with E-state index in [1.807, 2.05) is 0 Å². The Morgan fingerprint density at radius 1 is 0.941 bits per heavy atom. The fraction of sp³-hybridized carbons (Fsp3) is 1.00. The van der Waals surface area contributed by atoms with Crippen LogP contribution in [0.4, 0.5) is 0 Å². The van der Waals surface area contributed by atoms with Gasteiger partial charge in [-0.1, -0.05) is 26.7 Å². The zero-order valence-electron chi connectivity index (χ0n) is 10.9. The Morgan fingerprint density at radius 2 is 1.59 bits per heavy atom. The molecular weight excluding hydrogens is 232 g/mol. The number of fused-ring (bicyclic) bond motifs is 3. The average Bonchev–Trinajstić information content (AvgIpc) is 2.29. The van der Waals surface area contributed by atoms with Crippen molar-refractivity contribution in [1.29, 1.82) is 0 Å². The third-order valence-electron chi connectivity index (χ3n) is 5.23. The Kier molecular flexibility index (Phi) is 3.33. The molecule has 3 rings (SSSR count). The maximum atomic E-state index is 12.2. The van der Waals surface area contributed by atoms with Crippen molar-refractivity contribution in [2.24, 2.45) is 23.7 Å². The molecule has 17 heavy (non-hydrogen) atoms. The fourth-order valence-corrected chi connectivity index (χ4v) is 5.93. The van der Waals surface area contributed by atoms with Crippen molar-refractivity contribution in [3.05, 3.63) is 0 Å². The molecule has 1 aliphatic heterocycles. The van der Waals surface area contributed by atoms with Gasteiger partial charge in [-0.3, -0.25) is 4.18 Å². The lowest BCUT2D eigenvalue weighted by Gasteiger charge is -2.48. The predicted molar refractivity (Wildman–Crippen MR) is 69.8 cm³/mol. The minimum absolute atomic E-state index is 0.300. The van der Waals surface area contributed by atoms with E-state index in [0.29, 0.717) is 23.2 Å². The molecule has 0 spiro atoms. The van der Waals surface area contributed by atoms with Crippen molar-refractivity contribution in [2.45, 2.75) is 63.7 Å². The highest BCUT2D eigenvalue weighted by molar-refractivity contribution is 7.80. The van der Waals surface area contributed by atoms with Gasteiger partial charge in [0, 0.05) is 0 Å². The first-order valence-electron chi connectivity index (χ1n) is 7.23. The summed E-state index contributed by atoms with van der Waals surface area (Å²) in [6.45, 7) is 4.60. The van der Waals surface area contributed by atoms with E-state index in [4.69, 9.17) is 4.18 Å². The third kappa shape index (κ3) is 2.21. The summed E-state index contributed by atoms with van der Waals surface area (Å²) in [7, 11) is 0. The Hall–Kier alpha value is 0.110. The standard InChI is InChI=1S/C14H24O2S/c1-9-3-5-11-12-6-4-10(2)8-14(12)17(15)16-13(11)7-9/h9-14H,3-8H2,1-2H3. The van der Waals surface area contributed by atoms with Crippen LogP contribution in [-0.2, 0) is 15.3 Å². The lowest BCUT2D eigenvalue weighted by atomic mass is 9.68. The lowest BCUT2D eigenvalue weighted by molar-refractivity contribution is 0.00909. The van der Waals surface area contributed by atoms with Crippen molar-refractivity contribution in [3.63, 3.8) is 0 Å². The van der Waals surface area contributed by atoms with E-state index in [1.54, 1.807) is 0 Å². The van der Waals surface area contributed by atoms with Gasteiger partial charge in [0.2, 0.25) is 0 Å². The predicted octanol–water partition coefficient (Wildman–Crippen LogP) is 3.29. The van der Waals surface area contributed by atoms with Crippen molar-refractivity contribution < 1.29 is 8.39 Å². The molecule has 3 heteroatoms. The van der Waals surface area contributed by atoms with E-state index >= 15 is 0 Å². The van der Waals surface area contributed by atoms with Gasteiger partial charge in [0.05, 0.1) is 11.4 Å².